The van der Waals surface area contributed by atoms with E-state index in [-0.39, 0.29) is 12.6 Å². The molecular weight excluding hydrogens is 226 g/mol. The minimum atomic E-state index is 0.206. The first-order valence-electron chi connectivity index (χ1n) is 5.50. The smallest absolute Gasteiger partial charge is 0.151 e. The van der Waals surface area contributed by atoms with Crippen molar-refractivity contribution in [3.8, 4) is 0 Å². The van der Waals surface area contributed by atoms with Crippen molar-refractivity contribution in [1.82, 2.24) is 4.98 Å². The van der Waals surface area contributed by atoms with Gasteiger partial charge in [0, 0.05) is 18.6 Å². The van der Waals surface area contributed by atoms with Crippen LogP contribution in [0.5, 0.6) is 0 Å². The molecule has 0 radical (unpaired) electrons. The van der Waals surface area contributed by atoms with Crippen LogP contribution in [0.4, 0.5) is 11.5 Å². The third kappa shape index (κ3) is 2.39. The van der Waals surface area contributed by atoms with Gasteiger partial charge in [-0.05, 0) is 25.0 Å². The molecule has 1 fully saturated rings. The molecule has 1 aromatic rings. The van der Waals surface area contributed by atoms with Gasteiger partial charge in [-0.2, -0.15) is 0 Å². The van der Waals surface area contributed by atoms with Crippen LogP contribution in [0.1, 0.15) is 19.3 Å². The fourth-order valence-electron chi connectivity index (χ4n) is 2.18. The number of hydrogen-bond acceptors (Lipinski definition) is 4. The van der Waals surface area contributed by atoms with Gasteiger partial charge in [0.15, 0.2) is 5.82 Å². The summed E-state index contributed by atoms with van der Waals surface area (Å²) in [6.45, 7) is 0.206. The molecule has 16 heavy (non-hydrogen) atoms. The quantitative estimate of drug-likeness (QED) is 0.707. The lowest BCUT2D eigenvalue weighted by atomic mass is 10.1. The molecule has 88 valence electrons. The third-order valence-electron chi connectivity index (χ3n) is 3.11. The molecule has 4 N–H and O–H groups in total. The van der Waals surface area contributed by atoms with E-state index in [4.69, 9.17) is 17.3 Å². The maximum absolute atomic E-state index is 9.22. The number of aliphatic hydroxyl groups excluding tert-OH is 1. The van der Waals surface area contributed by atoms with Crippen molar-refractivity contribution >= 4 is 23.1 Å². The van der Waals surface area contributed by atoms with Gasteiger partial charge in [0.25, 0.3) is 0 Å². The Morgan fingerprint density at radius 1 is 1.50 bits per heavy atom. The normalized spacial score (nSPS) is 24.6. The first-order valence-corrected chi connectivity index (χ1v) is 5.88. The van der Waals surface area contributed by atoms with Gasteiger partial charge in [-0.15, -0.1) is 0 Å². The van der Waals surface area contributed by atoms with Crippen LogP contribution in [0.3, 0.4) is 0 Å². The summed E-state index contributed by atoms with van der Waals surface area (Å²) in [7, 11) is 0. The van der Waals surface area contributed by atoms with E-state index < -0.39 is 0 Å². The van der Waals surface area contributed by atoms with E-state index >= 15 is 0 Å². The minimum Gasteiger partial charge on any atom is -0.396 e. The number of aliphatic hydroxyl groups is 1. The van der Waals surface area contributed by atoms with Crippen LogP contribution < -0.4 is 11.1 Å². The number of halogens is 1. The molecule has 0 saturated heterocycles. The Hall–Kier alpha value is -1.00. The van der Waals surface area contributed by atoms with Crippen molar-refractivity contribution in [3.05, 3.63) is 17.3 Å². The van der Waals surface area contributed by atoms with E-state index in [9.17, 15) is 5.11 Å². The Morgan fingerprint density at radius 2 is 2.31 bits per heavy atom. The Balaban J connectivity index is 2.11. The summed E-state index contributed by atoms with van der Waals surface area (Å²) in [5.74, 6) is 0.915. The summed E-state index contributed by atoms with van der Waals surface area (Å²) in [6, 6.07) is 3.65. The monoisotopic (exact) mass is 241 g/mol. The molecule has 2 unspecified atom stereocenters. The number of nitrogens with one attached hydrogen (secondary N) is 1. The largest absolute Gasteiger partial charge is 0.396 e. The molecular formula is C11H16ClN3O. The van der Waals surface area contributed by atoms with Gasteiger partial charge in [0.1, 0.15) is 5.15 Å². The van der Waals surface area contributed by atoms with Crippen LogP contribution in [0.15, 0.2) is 12.1 Å². The lowest BCUT2D eigenvalue weighted by Crippen LogP contribution is -2.27. The lowest BCUT2D eigenvalue weighted by Gasteiger charge is -2.20. The summed E-state index contributed by atoms with van der Waals surface area (Å²) in [5, 5.41) is 12.9. The summed E-state index contributed by atoms with van der Waals surface area (Å²) in [4.78, 5) is 4.15. The van der Waals surface area contributed by atoms with Crippen LogP contribution >= 0.6 is 11.6 Å². The van der Waals surface area contributed by atoms with E-state index in [1.54, 1.807) is 12.1 Å². The van der Waals surface area contributed by atoms with E-state index in [1.807, 2.05) is 0 Å². The fraction of sp³-hybridized carbons (Fsp3) is 0.545. The standard InChI is InChI=1S/C11H16ClN3O/c12-10-5-4-8(13)11(15-10)14-9-3-1-2-7(9)6-16/h4-5,7,9,16H,1-3,6,13H2,(H,14,15). The molecule has 5 heteroatoms. The molecule has 2 rings (SSSR count). The van der Waals surface area contributed by atoms with Crippen LogP contribution in [0, 0.1) is 5.92 Å². The lowest BCUT2D eigenvalue weighted by molar-refractivity contribution is 0.222. The van der Waals surface area contributed by atoms with Crippen molar-refractivity contribution in [1.29, 1.82) is 0 Å². The van der Waals surface area contributed by atoms with Gasteiger partial charge < -0.3 is 16.2 Å². The highest BCUT2D eigenvalue weighted by molar-refractivity contribution is 6.29. The number of nitrogen functional groups attached to an aromatic ring is 1. The molecule has 4 nitrogen and oxygen atoms in total. The topological polar surface area (TPSA) is 71.2 Å². The first-order chi connectivity index (χ1) is 7.70. The second-order valence-corrected chi connectivity index (χ2v) is 4.58. The Morgan fingerprint density at radius 3 is 3.06 bits per heavy atom. The molecule has 0 aromatic carbocycles. The Bertz CT molecular complexity index is 372. The number of rotatable bonds is 3. The summed E-state index contributed by atoms with van der Waals surface area (Å²) in [5.41, 5.74) is 6.40. The average molecular weight is 242 g/mol. The SMILES string of the molecule is Nc1ccc(Cl)nc1NC1CCCC1CO. The molecule has 2 atom stereocenters. The van der Waals surface area contributed by atoms with Crippen molar-refractivity contribution in [2.45, 2.75) is 25.3 Å². The zero-order valence-electron chi connectivity index (χ0n) is 8.99. The molecule has 0 spiro atoms. The zero-order valence-corrected chi connectivity index (χ0v) is 9.74. The number of anilines is 2. The molecule has 1 aromatic heterocycles. The Labute approximate surface area is 99.8 Å². The van der Waals surface area contributed by atoms with Crippen molar-refractivity contribution < 1.29 is 5.11 Å². The first kappa shape index (κ1) is 11.5. The summed E-state index contributed by atoms with van der Waals surface area (Å²) >= 11 is 5.82. The summed E-state index contributed by atoms with van der Waals surface area (Å²) < 4.78 is 0. The van der Waals surface area contributed by atoms with Crippen LogP contribution in [0.25, 0.3) is 0 Å². The predicted octanol–water partition coefficient (Wildman–Crippen LogP) is 1.89. The fourth-order valence-corrected chi connectivity index (χ4v) is 2.33. The minimum absolute atomic E-state index is 0.206. The molecule has 0 aliphatic heterocycles. The van der Waals surface area contributed by atoms with Crippen LogP contribution in [-0.4, -0.2) is 22.7 Å². The number of pyridine rings is 1. The van der Waals surface area contributed by atoms with E-state index in [0.717, 1.165) is 19.3 Å². The number of aromatic nitrogens is 1. The number of nitrogens with zero attached hydrogens (tertiary/aromatic N) is 1. The molecule has 0 amide bonds. The molecule has 1 aliphatic rings. The third-order valence-corrected chi connectivity index (χ3v) is 3.32. The highest BCUT2D eigenvalue weighted by Crippen LogP contribution is 2.29. The second-order valence-electron chi connectivity index (χ2n) is 4.20. The molecule has 0 bridgehead atoms. The van der Waals surface area contributed by atoms with Crippen LogP contribution in [0.2, 0.25) is 5.15 Å². The second kappa shape index (κ2) is 4.89. The maximum Gasteiger partial charge on any atom is 0.151 e. The van der Waals surface area contributed by atoms with Crippen molar-refractivity contribution in [2.24, 2.45) is 5.92 Å². The van der Waals surface area contributed by atoms with Crippen molar-refractivity contribution in [2.75, 3.05) is 17.7 Å². The number of nitrogens with two attached hydrogens (primary N) is 1. The highest BCUT2D eigenvalue weighted by Gasteiger charge is 2.27. The van der Waals surface area contributed by atoms with Crippen LogP contribution in [-0.2, 0) is 0 Å². The Kier molecular flexibility index (Phi) is 3.51. The van der Waals surface area contributed by atoms with E-state index in [1.165, 1.54) is 0 Å². The number of hydrogen-bond donors (Lipinski definition) is 3. The molecule has 1 heterocycles. The predicted molar refractivity (Wildman–Crippen MR) is 65.5 cm³/mol. The van der Waals surface area contributed by atoms with E-state index in [0.29, 0.717) is 22.6 Å². The summed E-state index contributed by atoms with van der Waals surface area (Å²) in [6.07, 6.45) is 3.22. The zero-order chi connectivity index (χ0) is 11.5. The van der Waals surface area contributed by atoms with Gasteiger partial charge in [0.05, 0.1) is 5.69 Å². The van der Waals surface area contributed by atoms with Gasteiger partial charge in [0.2, 0.25) is 0 Å². The average Bonchev–Trinajstić information content (AvgIpc) is 2.71. The van der Waals surface area contributed by atoms with Gasteiger partial charge in [-0.3, -0.25) is 0 Å². The van der Waals surface area contributed by atoms with Crippen molar-refractivity contribution in [3.63, 3.8) is 0 Å². The highest BCUT2D eigenvalue weighted by atomic mass is 35.5. The van der Waals surface area contributed by atoms with E-state index in [2.05, 4.69) is 10.3 Å². The molecule has 1 aliphatic carbocycles. The molecule has 1 saturated carbocycles. The maximum atomic E-state index is 9.22. The van der Waals surface area contributed by atoms with Gasteiger partial charge in [-0.1, -0.05) is 18.0 Å². The van der Waals surface area contributed by atoms with Gasteiger partial charge in [-0.25, -0.2) is 4.98 Å². The van der Waals surface area contributed by atoms with Gasteiger partial charge >= 0.3 is 0 Å².